The lowest BCUT2D eigenvalue weighted by molar-refractivity contribution is -0.175. The minimum Gasteiger partial charge on any atom is -0.460 e. The van der Waals surface area contributed by atoms with E-state index >= 15 is 0 Å². The maximum absolute atomic E-state index is 12.9. The lowest BCUT2D eigenvalue weighted by Crippen LogP contribution is -2.59. The molecule has 3 fully saturated rings. The number of aryl methyl sites for hydroxylation is 1. The summed E-state index contributed by atoms with van der Waals surface area (Å²) in [5, 5.41) is 0. The van der Waals surface area contributed by atoms with Crippen LogP contribution in [0, 0.1) is 12.3 Å². The molecule has 1 atom stereocenters. The van der Waals surface area contributed by atoms with E-state index in [0.29, 0.717) is 0 Å². The van der Waals surface area contributed by atoms with Crippen LogP contribution in [-0.4, -0.2) is 17.1 Å². The maximum atomic E-state index is 12.9. The first-order valence-electron chi connectivity index (χ1n) is 8.73. The summed E-state index contributed by atoms with van der Waals surface area (Å²) >= 11 is 0. The van der Waals surface area contributed by atoms with Crippen LogP contribution in [0.3, 0.4) is 0 Å². The molecule has 0 amide bonds. The number of carbonyl (C=O) groups is 1. The summed E-state index contributed by atoms with van der Waals surface area (Å²) in [5.41, 5.74) is 8.32. The van der Waals surface area contributed by atoms with E-state index < -0.39 is 5.60 Å². The van der Waals surface area contributed by atoms with Crippen molar-refractivity contribution in [3.05, 3.63) is 35.4 Å². The zero-order valence-electron chi connectivity index (χ0n) is 14.8. The molecule has 23 heavy (non-hydrogen) atoms. The molecule has 0 aromatic heterocycles. The van der Waals surface area contributed by atoms with Crippen LogP contribution in [0.2, 0.25) is 0 Å². The van der Waals surface area contributed by atoms with Gasteiger partial charge in [-0.15, -0.1) is 0 Å². The molecular formula is C20H29NO2. The molecule has 0 saturated heterocycles. The number of hydrogen-bond donors (Lipinski definition) is 1. The van der Waals surface area contributed by atoms with Gasteiger partial charge in [0.05, 0.1) is 5.41 Å². The highest BCUT2D eigenvalue weighted by atomic mass is 16.6. The summed E-state index contributed by atoms with van der Waals surface area (Å²) < 4.78 is 5.75. The summed E-state index contributed by atoms with van der Waals surface area (Å²) in [7, 11) is 0. The molecule has 0 radical (unpaired) electrons. The topological polar surface area (TPSA) is 52.3 Å². The minimum atomic E-state index is -0.431. The Morgan fingerprint density at radius 2 is 1.70 bits per heavy atom. The van der Waals surface area contributed by atoms with Gasteiger partial charge in [0.25, 0.3) is 0 Å². The SMILES string of the molecule is Cc1ccc(C2CC3(C(=O)OC(C)(C)C)CCC2(N)CC3)cc1. The van der Waals surface area contributed by atoms with Crippen LogP contribution in [-0.2, 0) is 9.53 Å². The first-order valence-corrected chi connectivity index (χ1v) is 8.73. The molecule has 3 heteroatoms. The molecule has 126 valence electrons. The van der Waals surface area contributed by atoms with Gasteiger partial charge in [-0.3, -0.25) is 4.79 Å². The molecule has 2 N–H and O–H groups in total. The monoisotopic (exact) mass is 315 g/mol. The van der Waals surface area contributed by atoms with Crippen LogP contribution >= 0.6 is 0 Å². The zero-order valence-corrected chi connectivity index (χ0v) is 14.8. The van der Waals surface area contributed by atoms with Crippen molar-refractivity contribution in [2.24, 2.45) is 11.1 Å². The quantitative estimate of drug-likeness (QED) is 0.837. The number of fused-ring (bicyclic) bond motifs is 3. The first kappa shape index (κ1) is 16.5. The number of rotatable bonds is 2. The molecule has 2 bridgehead atoms. The highest BCUT2D eigenvalue weighted by Gasteiger charge is 2.57. The number of ether oxygens (including phenoxy) is 1. The third-order valence-corrected chi connectivity index (χ3v) is 5.74. The molecule has 0 heterocycles. The standard InChI is InChI=1S/C20H29NO2/c1-14-5-7-15(8-6-14)16-13-19(17(22)23-18(2,3)4)9-11-20(16,21)12-10-19/h5-8,16H,9-13,21H2,1-4H3. The smallest absolute Gasteiger partial charge is 0.312 e. The molecule has 3 aliphatic rings. The Bertz CT molecular complexity index is 589. The van der Waals surface area contributed by atoms with E-state index in [1.807, 2.05) is 20.8 Å². The summed E-state index contributed by atoms with van der Waals surface area (Å²) in [6, 6.07) is 8.64. The average Bonchev–Trinajstić information content (AvgIpc) is 2.47. The molecule has 4 rings (SSSR count). The van der Waals surface area contributed by atoms with Gasteiger partial charge in [-0.1, -0.05) is 29.8 Å². The molecule has 1 aromatic carbocycles. The second kappa shape index (κ2) is 5.34. The van der Waals surface area contributed by atoms with Gasteiger partial charge < -0.3 is 10.5 Å². The van der Waals surface area contributed by atoms with E-state index in [1.54, 1.807) is 0 Å². The van der Waals surface area contributed by atoms with Crippen molar-refractivity contribution in [2.75, 3.05) is 0 Å². The predicted molar refractivity (Wildman–Crippen MR) is 92.2 cm³/mol. The average molecular weight is 315 g/mol. The first-order chi connectivity index (χ1) is 10.6. The summed E-state index contributed by atoms with van der Waals surface area (Å²) in [6.45, 7) is 7.92. The van der Waals surface area contributed by atoms with Gasteiger partial charge in [-0.05, 0) is 65.4 Å². The van der Waals surface area contributed by atoms with Gasteiger partial charge in [0, 0.05) is 11.5 Å². The van der Waals surface area contributed by atoms with Crippen LogP contribution in [0.15, 0.2) is 24.3 Å². The van der Waals surface area contributed by atoms with E-state index in [4.69, 9.17) is 10.5 Å². The van der Waals surface area contributed by atoms with E-state index in [-0.39, 0.29) is 22.8 Å². The van der Waals surface area contributed by atoms with Gasteiger partial charge in [-0.2, -0.15) is 0 Å². The Hall–Kier alpha value is -1.35. The fourth-order valence-corrected chi connectivity index (χ4v) is 4.26. The number of carbonyl (C=O) groups excluding carboxylic acids is 1. The van der Waals surface area contributed by atoms with Crippen molar-refractivity contribution in [3.63, 3.8) is 0 Å². The Kier molecular flexibility index (Phi) is 3.83. The van der Waals surface area contributed by atoms with E-state index in [2.05, 4.69) is 31.2 Å². The lowest BCUT2D eigenvalue weighted by Gasteiger charge is -2.55. The summed E-state index contributed by atoms with van der Waals surface area (Å²) in [5.74, 6) is 0.224. The van der Waals surface area contributed by atoms with Crippen molar-refractivity contribution in [2.45, 2.75) is 76.9 Å². The highest BCUT2D eigenvalue weighted by Crippen LogP contribution is 2.58. The lowest BCUT2D eigenvalue weighted by atomic mass is 9.51. The molecular weight excluding hydrogens is 286 g/mol. The highest BCUT2D eigenvalue weighted by molar-refractivity contribution is 5.78. The normalized spacial score (nSPS) is 33.5. The molecule has 0 aliphatic heterocycles. The summed E-state index contributed by atoms with van der Waals surface area (Å²) in [6.07, 6.45) is 4.36. The van der Waals surface area contributed by atoms with Crippen LogP contribution in [0.25, 0.3) is 0 Å². The zero-order chi connectivity index (χ0) is 16.9. The van der Waals surface area contributed by atoms with Gasteiger partial charge in [0.15, 0.2) is 0 Å². The number of benzene rings is 1. The minimum absolute atomic E-state index is 0.0242. The molecule has 3 aliphatic carbocycles. The molecule has 1 unspecified atom stereocenters. The Balaban J connectivity index is 1.88. The van der Waals surface area contributed by atoms with Crippen LogP contribution in [0.4, 0.5) is 0 Å². The van der Waals surface area contributed by atoms with Gasteiger partial charge >= 0.3 is 5.97 Å². The Labute approximate surface area is 139 Å². The number of esters is 1. The second-order valence-corrected chi connectivity index (χ2v) is 8.68. The Morgan fingerprint density at radius 1 is 1.13 bits per heavy atom. The van der Waals surface area contributed by atoms with Crippen LogP contribution in [0.5, 0.6) is 0 Å². The van der Waals surface area contributed by atoms with Crippen LogP contribution < -0.4 is 5.73 Å². The summed E-state index contributed by atoms with van der Waals surface area (Å²) in [4.78, 5) is 12.9. The van der Waals surface area contributed by atoms with E-state index in [9.17, 15) is 4.79 Å². The third kappa shape index (κ3) is 3.03. The van der Waals surface area contributed by atoms with Crippen molar-refractivity contribution < 1.29 is 9.53 Å². The van der Waals surface area contributed by atoms with Crippen molar-refractivity contribution >= 4 is 5.97 Å². The molecule has 3 nitrogen and oxygen atoms in total. The van der Waals surface area contributed by atoms with Gasteiger partial charge in [0.1, 0.15) is 5.60 Å². The predicted octanol–water partition coefficient (Wildman–Crippen LogP) is 4.08. The van der Waals surface area contributed by atoms with E-state index in [0.717, 1.165) is 32.1 Å². The maximum Gasteiger partial charge on any atom is 0.312 e. The number of nitrogens with two attached hydrogens (primary N) is 1. The molecule has 3 saturated carbocycles. The van der Waals surface area contributed by atoms with Crippen molar-refractivity contribution in [1.82, 2.24) is 0 Å². The molecule has 0 spiro atoms. The van der Waals surface area contributed by atoms with E-state index in [1.165, 1.54) is 11.1 Å². The van der Waals surface area contributed by atoms with Crippen LogP contribution in [0.1, 0.15) is 69.9 Å². The number of hydrogen-bond acceptors (Lipinski definition) is 3. The van der Waals surface area contributed by atoms with Crippen molar-refractivity contribution in [3.8, 4) is 0 Å². The third-order valence-electron chi connectivity index (χ3n) is 5.74. The second-order valence-electron chi connectivity index (χ2n) is 8.68. The van der Waals surface area contributed by atoms with Crippen molar-refractivity contribution in [1.29, 1.82) is 0 Å². The van der Waals surface area contributed by atoms with Gasteiger partial charge in [-0.25, -0.2) is 0 Å². The largest absolute Gasteiger partial charge is 0.460 e. The van der Waals surface area contributed by atoms with Gasteiger partial charge in [0.2, 0.25) is 0 Å². The molecule has 1 aromatic rings. The Morgan fingerprint density at radius 3 is 2.22 bits per heavy atom. The fraction of sp³-hybridized carbons (Fsp3) is 0.650. The fourth-order valence-electron chi connectivity index (χ4n) is 4.26.